The van der Waals surface area contributed by atoms with E-state index in [2.05, 4.69) is 15.3 Å². The summed E-state index contributed by atoms with van der Waals surface area (Å²) in [7, 11) is 0. The predicted molar refractivity (Wildman–Crippen MR) is 71.2 cm³/mol. The van der Waals surface area contributed by atoms with Crippen molar-refractivity contribution in [1.82, 2.24) is 15.3 Å². The van der Waals surface area contributed by atoms with Crippen LogP contribution in [0, 0.1) is 13.8 Å². The minimum absolute atomic E-state index is 0.329. The number of amides is 1. The Bertz CT molecular complexity index is 421. The van der Waals surface area contributed by atoms with Gasteiger partial charge in [-0.1, -0.05) is 0 Å². The first-order valence-electron chi connectivity index (χ1n) is 6.18. The standard InChI is InChI=1S/C13H21N3O3/c1-9-8-11(16-10(2)15-9)18-7-6-14-12(17)19-13(3,4)5/h8H,6-7H2,1-5H3,(H,14,17). The summed E-state index contributed by atoms with van der Waals surface area (Å²) in [6.07, 6.45) is -0.453. The lowest BCUT2D eigenvalue weighted by atomic mass is 10.2. The van der Waals surface area contributed by atoms with E-state index >= 15 is 0 Å². The largest absolute Gasteiger partial charge is 0.476 e. The Morgan fingerprint density at radius 2 is 2.00 bits per heavy atom. The Labute approximate surface area is 113 Å². The molecule has 19 heavy (non-hydrogen) atoms. The first-order valence-corrected chi connectivity index (χ1v) is 6.18. The lowest BCUT2D eigenvalue weighted by Crippen LogP contribution is -2.34. The molecule has 1 heterocycles. The molecule has 1 N–H and O–H groups in total. The zero-order valence-corrected chi connectivity index (χ0v) is 12.1. The summed E-state index contributed by atoms with van der Waals surface area (Å²) < 4.78 is 10.5. The molecule has 0 fully saturated rings. The molecule has 0 saturated heterocycles. The molecule has 106 valence electrons. The van der Waals surface area contributed by atoms with Crippen LogP contribution in [0.2, 0.25) is 0 Å². The molecule has 0 radical (unpaired) electrons. The SMILES string of the molecule is Cc1cc(OCCNC(=O)OC(C)(C)C)nc(C)n1. The summed E-state index contributed by atoms with van der Waals surface area (Å²) in [5, 5.41) is 2.61. The van der Waals surface area contributed by atoms with E-state index in [0.717, 1.165) is 5.69 Å². The van der Waals surface area contributed by atoms with Crippen LogP contribution in [-0.4, -0.2) is 34.8 Å². The van der Waals surface area contributed by atoms with E-state index in [0.29, 0.717) is 24.9 Å². The van der Waals surface area contributed by atoms with Crippen LogP contribution in [0.4, 0.5) is 4.79 Å². The van der Waals surface area contributed by atoms with E-state index in [1.807, 2.05) is 27.7 Å². The van der Waals surface area contributed by atoms with Gasteiger partial charge in [0, 0.05) is 11.8 Å². The minimum Gasteiger partial charge on any atom is -0.476 e. The smallest absolute Gasteiger partial charge is 0.407 e. The number of aryl methyl sites for hydroxylation is 2. The van der Waals surface area contributed by atoms with Gasteiger partial charge in [-0.05, 0) is 34.6 Å². The zero-order valence-electron chi connectivity index (χ0n) is 12.1. The highest BCUT2D eigenvalue weighted by Gasteiger charge is 2.15. The monoisotopic (exact) mass is 267 g/mol. The molecule has 1 rings (SSSR count). The molecule has 0 spiro atoms. The molecule has 0 bridgehead atoms. The molecule has 0 aromatic carbocycles. The molecule has 1 aromatic rings. The van der Waals surface area contributed by atoms with Gasteiger partial charge in [-0.25, -0.2) is 9.78 Å². The van der Waals surface area contributed by atoms with E-state index in [-0.39, 0.29) is 0 Å². The molecule has 0 aliphatic rings. The molecular weight excluding hydrogens is 246 g/mol. The minimum atomic E-state index is -0.494. The average Bonchev–Trinajstić information content (AvgIpc) is 2.20. The second kappa shape index (κ2) is 6.36. The molecule has 1 amide bonds. The molecule has 0 saturated carbocycles. The highest BCUT2D eigenvalue weighted by molar-refractivity contribution is 5.67. The van der Waals surface area contributed by atoms with Gasteiger partial charge in [-0.3, -0.25) is 0 Å². The molecular formula is C13H21N3O3. The number of rotatable bonds is 4. The number of aromatic nitrogens is 2. The lowest BCUT2D eigenvalue weighted by Gasteiger charge is -2.19. The number of nitrogens with one attached hydrogen (secondary N) is 1. The second-order valence-corrected chi connectivity index (χ2v) is 5.17. The summed E-state index contributed by atoms with van der Waals surface area (Å²) >= 11 is 0. The van der Waals surface area contributed by atoms with Crippen molar-refractivity contribution >= 4 is 6.09 Å². The third-order valence-corrected chi connectivity index (χ3v) is 1.96. The molecule has 1 aromatic heterocycles. The summed E-state index contributed by atoms with van der Waals surface area (Å²) in [4.78, 5) is 19.6. The lowest BCUT2D eigenvalue weighted by molar-refractivity contribution is 0.0520. The van der Waals surface area contributed by atoms with Crippen LogP contribution in [0.3, 0.4) is 0 Å². The summed E-state index contributed by atoms with van der Waals surface area (Å²) in [5.41, 5.74) is 0.355. The summed E-state index contributed by atoms with van der Waals surface area (Å²) in [5.74, 6) is 1.17. The predicted octanol–water partition coefficient (Wildman–Crippen LogP) is 2.00. The van der Waals surface area contributed by atoms with Crippen LogP contribution in [0.1, 0.15) is 32.3 Å². The number of hydrogen-bond donors (Lipinski definition) is 1. The van der Waals surface area contributed by atoms with Crippen LogP contribution in [0.15, 0.2) is 6.07 Å². The zero-order chi connectivity index (χ0) is 14.5. The van der Waals surface area contributed by atoms with Crippen molar-refractivity contribution in [2.24, 2.45) is 0 Å². The number of carbonyl (C=O) groups excluding carboxylic acids is 1. The van der Waals surface area contributed by atoms with Gasteiger partial charge in [0.2, 0.25) is 5.88 Å². The van der Waals surface area contributed by atoms with Gasteiger partial charge in [0.1, 0.15) is 18.0 Å². The van der Waals surface area contributed by atoms with Gasteiger partial charge in [-0.15, -0.1) is 0 Å². The average molecular weight is 267 g/mol. The molecule has 0 aliphatic heterocycles. The normalized spacial score (nSPS) is 11.0. The van der Waals surface area contributed by atoms with Crippen molar-refractivity contribution in [3.8, 4) is 5.88 Å². The van der Waals surface area contributed by atoms with Gasteiger partial charge < -0.3 is 14.8 Å². The molecule has 0 unspecified atom stereocenters. The molecule has 6 nitrogen and oxygen atoms in total. The van der Waals surface area contributed by atoms with Crippen LogP contribution < -0.4 is 10.1 Å². The first-order chi connectivity index (χ1) is 8.76. The Morgan fingerprint density at radius 1 is 1.32 bits per heavy atom. The van der Waals surface area contributed by atoms with Crippen molar-refractivity contribution in [1.29, 1.82) is 0 Å². The van der Waals surface area contributed by atoms with Crippen molar-refractivity contribution in [3.05, 3.63) is 17.6 Å². The first kappa shape index (κ1) is 15.2. The summed E-state index contributed by atoms with van der Waals surface area (Å²) in [6.45, 7) is 9.81. The van der Waals surface area contributed by atoms with E-state index in [9.17, 15) is 4.79 Å². The number of alkyl carbamates (subject to hydrolysis) is 1. The van der Waals surface area contributed by atoms with Crippen LogP contribution >= 0.6 is 0 Å². The Morgan fingerprint density at radius 3 is 2.58 bits per heavy atom. The molecule has 0 aliphatic carbocycles. The Hall–Kier alpha value is -1.85. The van der Waals surface area contributed by atoms with Gasteiger partial charge in [-0.2, -0.15) is 4.98 Å². The topological polar surface area (TPSA) is 73.3 Å². The number of ether oxygens (including phenoxy) is 2. The highest BCUT2D eigenvalue weighted by atomic mass is 16.6. The maximum absolute atomic E-state index is 11.4. The number of nitrogens with zero attached hydrogens (tertiary/aromatic N) is 2. The fraction of sp³-hybridized carbons (Fsp3) is 0.615. The van der Waals surface area contributed by atoms with E-state index in [1.54, 1.807) is 13.0 Å². The quantitative estimate of drug-likeness (QED) is 0.845. The number of hydrogen-bond acceptors (Lipinski definition) is 5. The van der Waals surface area contributed by atoms with Crippen molar-refractivity contribution in [3.63, 3.8) is 0 Å². The fourth-order valence-corrected chi connectivity index (χ4v) is 1.38. The van der Waals surface area contributed by atoms with Crippen LogP contribution in [0.5, 0.6) is 5.88 Å². The Kier molecular flexibility index (Phi) is 5.09. The van der Waals surface area contributed by atoms with E-state index in [1.165, 1.54) is 0 Å². The van der Waals surface area contributed by atoms with E-state index in [4.69, 9.17) is 9.47 Å². The molecule has 0 atom stereocenters. The third-order valence-electron chi connectivity index (χ3n) is 1.96. The third kappa shape index (κ3) is 6.59. The van der Waals surface area contributed by atoms with Gasteiger partial charge >= 0.3 is 6.09 Å². The number of carbonyl (C=O) groups is 1. The van der Waals surface area contributed by atoms with E-state index < -0.39 is 11.7 Å². The van der Waals surface area contributed by atoms with Crippen LogP contribution in [0.25, 0.3) is 0 Å². The maximum atomic E-state index is 11.4. The fourth-order valence-electron chi connectivity index (χ4n) is 1.38. The maximum Gasteiger partial charge on any atom is 0.407 e. The second-order valence-electron chi connectivity index (χ2n) is 5.17. The Balaban J connectivity index is 2.29. The summed E-state index contributed by atoms with van der Waals surface area (Å²) in [6, 6.07) is 1.75. The van der Waals surface area contributed by atoms with Crippen molar-refractivity contribution < 1.29 is 14.3 Å². The molecule has 6 heteroatoms. The van der Waals surface area contributed by atoms with Crippen molar-refractivity contribution in [2.75, 3.05) is 13.2 Å². The highest BCUT2D eigenvalue weighted by Crippen LogP contribution is 2.08. The van der Waals surface area contributed by atoms with Crippen LogP contribution in [-0.2, 0) is 4.74 Å². The van der Waals surface area contributed by atoms with Gasteiger partial charge in [0.15, 0.2) is 0 Å². The van der Waals surface area contributed by atoms with Gasteiger partial charge in [0.05, 0.1) is 6.54 Å². The van der Waals surface area contributed by atoms with Crippen molar-refractivity contribution in [2.45, 2.75) is 40.2 Å². The van der Waals surface area contributed by atoms with Gasteiger partial charge in [0.25, 0.3) is 0 Å².